The lowest BCUT2D eigenvalue weighted by atomic mass is 9.85. The van der Waals surface area contributed by atoms with E-state index < -0.39 is 17.4 Å². The third-order valence-corrected chi connectivity index (χ3v) is 5.88. The van der Waals surface area contributed by atoms with Crippen LogP contribution in [0.1, 0.15) is 54.6 Å². The van der Waals surface area contributed by atoms with Crippen molar-refractivity contribution in [1.29, 1.82) is 0 Å². The SMILES string of the molecule is CC(=O)c1c(C)c2cnc(Nc3ccccn3)nc2n(C2CCC(C(=O)O)CC2)c1=O. The van der Waals surface area contributed by atoms with Crippen LogP contribution < -0.4 is 10.9 Å². The molecule has 1 aliphatic rings. The fourth-order valence-corrected chi connectivity index (χ4v) is 4.28. The number of nitrogens with zero attached hydrogens (tertiary/aromatic N) is 4. The standard InChI is InChI=1S/C22H23N5O4/c1-12-16-11-24-22(25-17-5-3-4-10-23-17)26-19(16)27(20(29)18(12)13(2)28)15-8-6-14(7-9-15)21(30)31/h3-5,10-11,14-15H,6-9H2,1-2H3,(H,30,31)(H,23,24,25,26). The third kappa shape index (κ3) is 3.90. The highest BCUT2D eigenvalue weighted by Crippen LogP contribution is 2.34. The summed E-state index contributed by atoms with van der Waals surface area (Å²) in [5, 5.41) is 13.0. The maximum absolute atomic E-state index is 13.4. The van der Waals surface area contributed by atoms with Crippen LogP contribution in [-0.4, -0.2) is 36.4 Å². The molecule has 0 aliphatic heterocycles. The van der Waals surface area contributed by atoms with E-state index in [2.05, 4.69) is 20.3 Å². The molecule has 1 aliphatic carbocycles. The number of hydrogen-bond donors (Lipinski definition) is 2. The summed E-state index contributed by atoms with van der Waals surface area (Å²) in [7, 11) is 0. The number of ketones is 1. The molecular formula is C22H23N5O4. The van der Waals surface area contributed by atoms with E-state index in [1.807, 2.05) is 6.07 Å². The zero-order valence-corrected chi connectivity index (χ0v) is 17.3. The van der Waals surface area contributed by atoms with Gasteiger partial charge in [0.1, 0.15) is 11.5 Å². The molecule has 0 radical (unpaired) electrons. The Bertz CT molecular complexity index is 1210. The zero-order chi connectivity index (χ0) is 22.1. The highest BCUT2D eigenvalue weighted by atomic mass is 16.4. The Balaban J connectivity index is 1.85. The molecule has 1 saturated carbocycles. The van der Waals surface area contributed by atoms with Gasteiger partial charge in [0, 0.05) is 23.8 Å². The molecule has 1 fully saturated rings. The van der Waals surface area contributed by atoms with Crippen LogP contribution in [0, 0.1) is 12.8 Å². The Morgan fingerprint density at radius 3 is 2.52 bits per heavy atom. The second kappa shape index (κ2) is 8.25. The van der Waals surface area contributed by atoms with E-state index in [9.17, 15) is 19.5 Å². The summed E-state index contributed by atoms with van der Waals surface area (Å²) in [6, 6.07) is 5.17. The Hall–Kier alpha value is -3.62. The molecule has 0 amide bonds. The van der Waals surface area contributed by atoms with Gasteiger partial charge in [-0.15, -0.1) is 0 Å². The van der Waals surface area contributed by atoms with Gasteiger partial charge in [-0.25, -0.2) is 9.97 Å². The normalized spacial score (nSPS) is 18.6. The van der Waals surface area contributed by atoms with Gasteiger partial charge in [-0.3, -0.25) is 19.0 Å². The fourth-order valence-electron chi connectivity index (χ4n) is 4.28. The molecule has 0 atom stereocenters. The molecule has 4 rings (SSSR count). The molecule has 3 aromatic rings. The Labute approximate surface area is 178 Å². The van der Waals surface area contributed by atoms with Gasteiger partial charge < -0.3 is 10.4 Å². The number of carbonyl (C=O) groups excluding carboxylic acids is 1. The molecule has 0 bridgehead atoms. The first-order valence-electron chi connectivity index (χ1n) is 10.2. The van der Waals surface area contributed by atoms with Crippen molar-refractivity contribution in [3.05, 3.63) is 52.1 Å². The number of rotatable bonds is 5. The summed E-state index contributed by atoms with van der Waals surface area (Å²) in [6.07, 6.45) is 5.25. The third-order valence-electron chi connectivity index (χ3n) is 5.88. The molecule has 0 saturated heterocycles. The zero-order valence-electron chi connectivity index (χ0n) is 17.3. The summed E-state index contributed by atoms with van der Waals surface area (Å²) < 4.78 is 1.56. The lowest BCUT2D eigenvalue weighted by Crippen LogP contribution is -2.34. The number of Topliss-reactive ketones (excluding diaryl/α,β-unsaturated/α-hetero) is 1. The van der Waals surface area contributed by atoms with Crippen molar-refractivity contribution in [2.75, 3.05) is 5.32 Å². The molecule has 160 valence electrons. The van der Waals surface area contributed by atoms with Gasteiger partial charge in [0.15, 0.2) is 5.78 Å². The van der Waals surface area contributed by atoms with E-state index in [1.165, 1.54) is 6.92 Å². The Morgan fingerprint density at radius 2 is 1.90 bits per heavy atom. The highest BCUT2D eigenvalue weighted by Gasteiger charge is 2.30. The molecule has 2 N–H and O–H groups in total. The molecule has 0 spiro atoms. The lowest BCUT2D eigenvalue weighted by Gasteiger charge is -2.29. The molecule has 9 nitrogen and oxygen atoms in total. The molecule has 31 heavy (non-hydrogen) atoms. The minimum Gasteiger partial charge on any atom is -0.481 e. The predicted octanol–water partition coefficient (Wildman–Crippen LogP) is 3.26. The first kappa shape index (κ1) is 20.6. The minimum absolute atomic E-state index is 0.127. The number of carbonyl (C=O) groups is 2. The second-order valence-electron chi connectivity index (χ2n) is 7.85. The van der Waals surface area contributed by atoms with Crippen LogP contribution in [0.5, 0.6) is 0 Å². The quantitative estimate of drug-likeness (QED) is 0.601. The number of aromatic nitrogens is 4. The van der Waals surface area contributed by atoms with Crippen molar-refractivity contribution in [2.24, 2.45) is 5.92 Å². The topological polar surface area (TPSA) is 127 Å². The van der Waals surface area contributed by atoms with Gasteiger partial charge in [-0.05, 0) is 57.2 Å². The summed E-state index contributed by atoms with van der Waals surface area (Å²) in [5.41, 5.74) is 0.715. The molecule has 9 heteroatoms. The van der Waals surface area contributed by atoms with Crippen molar-refractivity contribution < 1.29 is 14.7 Å². The summed E-state index contributed by atoms with van der Waals surface area (Å²) in [4.78, 5) is 50.1. The monoisotopic (exact) mass is 421 g/mol. The molecule has 3 heterocycles. The maximum Gasteiger partial charge on any atom is 0.306 e. The predicted molar refractivity (Wildman–Crippen MR) is 115 cm³/mol. The fraction of sp³-hybridized carbons (Fsp3) is 0.364. The number of pyridine rings is 2. The van der Waals surface area contributed by atoms with Crippen molar-refractivity contribution in [2.45, 2.75) is 45.6 Å². The number of anilines is 2. The first-order valence-corrected chi connectivity index (χ1v) is 10.2. The van der Waals surface area contributed by atoms with Crippen LogP contribution in [0.2, 0.25) is 0 Å². The van der Waals surface area contributed by atoms with E-state index >= 15 is 0 Å². The van der Waals surface area contributed by atoms with E-state index in [0.29, 0.717) is 48.1 Å². The van der Waals surface area contributed by atoms with Crippen LogP contribution >= 0.6 is 0 Å². The molecule has 0 unspecified atom stereocenters. The molecular weight excluding hydrogens is 398 g/mol. The Morgan fingerprint density at radius 1 is 1.16 bits per heavy atom. The number of nitrogens with one attached hydrogen (secondary N) is 1. The lowest BCUT2D eigenvalue weighted by molar-refractivity contribution is -0.143. The van der Waals surface area contributed by atoms with E-state index in [4.69, 9.17) is 0 Å². The van der Waals surface area contributed by atoms with Crippen LogP contribution in [0.4, 0.5) is 11.8 Å². The van der Waals surface area contributed by atoms with Crippen molar-refractivity contribution in [3.8, 4) is 0 Å². The second-order valence-corrected chi connectivity index (χ2v) is 7.85. The first-order chi connectivity index (χ1) is 14.9. The van der Waals surface area contributed by atoms with E-state index in [1.54, 1.807) is 36.0 Å². The van der Waals surface area contributed by atoms with Gasteiger partial charge in [-0.2, -0.15) is 4.98 Å². The van der Waals surface area contributed by atoms with Gasteiger partial charge in [-0.1, -0.05) is 6.07 Å². The minimum atomic E-state index is -0.812. The molecule has 3 aromatic heterocycles. The van der Waals surface area contributed by atoms with Crippen molar-refractivity contribution in [3.63, 3.8) is 0 Å². The highest BCUT2D eigenvalue weighted by molar-refractivity contribution is 5.99. The van der Waals surface area contributed by atoms with Gasteiger partial charge >= 0.3 is 5.97 Å². The van der Waals surface area contributed by atoms with E-state index in [-0.39, 0.29) is 23.3 Å². The number of carboxylic acid groups (broad SMARTS) is 1. The van der Waals surface area contributed by atoms with Crippen LogP contribution in [0.25, 0.3) is 11.0 Å². The number of aryl methyl sites for hydroxylation is 1. The summed E-state index contributed by atoms with van der Waals surface area (Å²) in [5.74, 6) is -0.684. The van der Waals surface area contributed by atoms with E-state index in [0.717, 1.165) is 0 Å². The van der Waals surface area contributed by atoms with Crippen molar-refractivity contribution in [1.82, 2.24) is 19.5 Å². The van der Waals surface area contributed by atoms with Gasteiger partial charge in [0.2, 0.25) is 5.95 Å². The smallest absolute Gasteiger partial charge is 0.306 e. The van der Waals surface area contributed by atoms with Crippen LogP contribution in [0.15, 0.2) is 35.4 Å². The van der Waals surface area contributed by atoms with Crippen LogP contribution in [-0.2, 0) is 4.79 Å². The van der Waals surface area contributed by atoms with Gasteiger partial charge in [0.25, 0.3) is 5.56 Å². The average Bonchev–Trinajstić information content (AvgIpc) is 2.74. The largest absolute Gasteiger partial charge is 0.481 e. The van der Waals surface area contributed by atoms with Gasteiger partial charge in [0.05, 0.1) is 11.5 Å². The number of aliphatic carboxylic acids is 1. The van der Waals surface area contributed by atoms with Crippen molar-refractivity contribution >= 4 is 34.6 Å². The summed E-state index contributed by atoms with van der Waals surface area (Å²) >= 11 is 0. The Kier molecular flexibility index (Phi) is 5.50. The molecule has 0 aromatic carbocycles. The number of fused-ring (bicyclic) bond motifs is 1. The average molecular weight is 421 g/mol. The summed E-state index contributed by atoms with van der Waals surface area (Å²) in [6.45, 7) is 3.10. The van der Waals surface area contributed by atoms with Crippen LogP contribution in [0.3, 0.4) is 0 Å². The maximum atomic E-state index is 13.4. The number of hydrogen-bond acceptors (Lipinski definition) is 7. The number of carboxylic acids is 1.